The lowest BCUT2D eigenvalue weighted by Crippen LogP contribution is -2.57. The molecule has 37 heavy (non-hydrogen) atoms. The molecule has 2 aromatic carbocycles. The molecule has 0 saturated carbocycles. The summed E-state index contributed by atoms with van der Waals surface area (Å²) in [5, 5.41) is 35.0. The quantitative estimate of drug-likeness (QED) is 0.114. The van der Waals surface area contributed by atoms with Crippen molar-refractivity contribution in [3.63, 3.8) is 0 Å². The Labute approximate surface area is 218 Å². The zero-order valence-corrected chi connectivity index (χ0v) is 21.8. The largest absolute Gasteiger partial charge is 0.504 e. The number of unbranched alkanes of at least 4 members (excludes halogenated alkanes) is 3. The van der Waals surface area contributed by atoms with Gasteiger partial charge in [-0.1, -0.05) is 37.1 Å². The minimum atomic E-state index is -1.09. The van der Waals surface area contributed by atoms with Gasteiger partial charge < -0.3 is 31.8 Å². The van der Waals surface area contributed by atoms with Crippen LogP contribution in [0.15, 0.2) is 41.4 Å². The summed E-state index contributed by atoms with van der Waals surface area (Å²) < 4.78 is 0. The molecule has 1 aliphatic heterocycles. The Hall–Kier alpha value is -3.23. The van der Waals surface area contributed by atoms with Crippen LogP contribution in [0.4, 0.5) is 0 Å². The molecule has 3 aromatic rings. The summed E-state index contributed by atoms with van der Waals surface area (Å²) in [7, 11) is 0. The van der Waals surface area contributed by atoms with E-state index in [0.29, 0.717) is 31.5 Å². The number of guanidine groups is 1. The fraction of sp³-hybridized carbons (Fsp3) is 0.483. The van der Waals surface area contributed by atoms with Gasteiger partial charge in [0, 0.05) is 53.1 Å². The van der Waals surface area contributed by atoms with E-state index >= 15 is 0 Å². The first-order valence-corrected chi connectivity index (χ1v) is 13.3. The van der Waals surface area contributed by atoms with Crippen molar-refractivity contribution in [2.45, 2.75) is 69.4 Å². The summed E-state index contributed by atoms with van der Waals surface area (Å²) in [4.78, 5) is 10.0. The van der Waals surface area contributed by atoms with Crippen molar-refractivity contribution >= 4 is 16.9 Å². The summed E-state index contributed by atoms with van der Waals surface area (Å²) in [5.41, 5.74) is 13.9. The maximum Gasteiger partial charge on any atom is 0.185 e. The number of benzene rings is 2. The molecule has 0 radical (unpaired) electrons. The lowest BCUT2D eigenvalue weighted by Gasteiger charge is -2.47. The van der Waals surface area contributed by atoms with Crippen LogP contribution in [0, 0.1) is 6.92 Å². The van der Waals surface area contributed by atoms with E-state index in [1.54, 1.807) is 6.07 Å². The molecule has 2 bridgehead atoms. The Kier molecular flexibility index (Phi) is 6.58. The van der Waals surface area contributed by atoms with Crippen LogP contribution in [0.5, 0.6) is 11.5 Å². The molecule has 3 atom stereocenters. The zero-order valence-electron chi connectivity index (χ0n) is 21.8. The molecule has 3 unspecified atom stereocenters. The number of aromatic hydroxyl groups is 2. The summed E-state index contributed by atoms with van der Waals surface area (Å²) in [6.45, 7) is 6.14. The Morgan fingerprint density at radius 3 is 2.62 bits per heavy atom. The maximum atomic E-state index is 12.2. The number of para-hydroxylation sites is 1. The highest BCUT2D eigenvalue weighted by atomic mass is 16.3. The van der Waals surface area contributed by atoms with Gasteiger partial charge >= 0.3 is 0 Å². The van der Waals surface area contributed by atoms with E-state index in [4.69, 9.17) is 11.5 Å². The molecule has 1 saturated heterocycles. The van der Waals surface area contributed by atoms with Gasteiger partial charge in [0.15, 0.2) is 17.5 Å². The Morgan fingerprint density at radius 2 is 1.86 bits per heavy atom. The van der Waals surface area contributed by atoms with Gasteiger partial charge in [0.25, 0.3) is 0 Å². The molecule has 1 aromatic heterocycles. The summed E-state index contributed by atoms with van der Waals surface area (Å²) in [6, 6.07) is 11.6. The number of aryl methyl sites for hydroxylation is 1. The number of aliphatic imine (C=N–C) groups is 1. The second-order valence-corrected chi connectivity index (χ2v) is 11.1. The third-order valence-corrected chi connectivity index (χ3v) is 8.86. The Morgan fingerprint density at radius 1 is 1.11 bits per heavy atom. The maximum absolute atomic E-state index is 12.2. The van der Waals surface area contributed by atoms with Gasteiger partial charge in [-0.3, -0.25) is 9.89 Å². The minimum absolute atomic E-state index is 0.0738. The molecular formula is C29H39N5O3. The molecule has 198 valence electrons. The lowest BCUT2D eigenvalue weighted by molar-refractivity contribution is -0.0326. The molecule has 2 heterocycles. The van der Waals surface area contributed by atoms with Crippen molar-refractivity contribution in [3.05, 3.63) is 58.8 Å². The number of fused-ring (bicyclic) bond motifs is 5. The smallest absolute Gasteiger partial charge is 0.185 e. The molecule has 2 aliphatic rings. The molecule has 8 heteroatoms. The Bertz CT molecular complexity index is 1330. The second kappa shape index (κ2) is 9.58. The van der Waals surface area contributed by atoms with E-state index < -0.39 is 11.0 Å². The van der Waals surface area contributed by atoms with E-state index in [0.717, 1.165) is 60.0 Å². The number of H-pyrrole nitrogens is 1. The third-order valence-electron chi connectivity index (χ3n) is 8.86. The van der Waals surface area contributed by atoms with Gasteiger partial charge in [0.1, 0.15) is 0 Å². The molecule has 8 nitrogen and oxygen atoms in total. The summed E-state index contributed by atoms with van der Waals surface area (Å²) in [5.74, 6) is -0.109. The van der Waals surface area contributed by atoms with Gasteiger partial charge in [-0.2, -0.15) is 0 Å². The predicted octanol–water partition coefficient (Wildman–Crippen LogP) is 3.19. The SMILES string of the molecule is Cc1c(CC23CN(CCCCCCN=C(N)N)C(Cc4ccc(O)c(O)c42)C3(C)O)[nH]c2ccccc12. The number of nitrogens with zero attached hydrogens (tertiary/aromatic N) is 2. The van der Waals surface area contributed by atoms with Gasteiger partial charge in [-0.05, 0) is 62.9 Å². The van der Waals surface area contributed by atoms with E-state index in [1.165, 1.54) is 0 Å². The number of nitrogens with two attached hydrogens (primary N) is 2. The highest BCUT2D eigenvalue weighted by Crippen LogP contribution is 2.57. The van der Waals surface area contributed by atoms with Crippen molar-refractivity contribution in [2.75, 3.05) is 19.6 Å². The molecule has 1 fully saturated rings. The normalized spacial score (nSPS) is 24.9. The molecule has 5 rings (SSSR count). The number of phenolic OH excluding ortho intramolecular Hbond substituents is 2. The average molecular weight is 506 g/mol. The van der Waals surface area contributed by atoms with Gasteiger partial charge in [-0.15, -0.1) is 0 Å². The van der Waals surface area contributed by atoms with E-state index in [2.05, 4.69) is 33.9 Å². The van der Waals surface area contributed by atoms with Crippen LogP contribution in [0.1, 0.15) is 55.0 Å². The highest BCUT2D eigenvalue weighted by Gasteiger charge is 2.64. The minimum Gasteiger partial charge on any atom is -0.504 e. The standard InChI is InChI=1S/C29H39N5O3/c1-18-20-9-5-6-10-21(20)33-22(18)16-29-17-34(14-8-4-3-7-13-32-27(30)31)24(28(29,2)37)15-19-11-12-23(35)26(36)25(19)29/h5-6,9-12,24,33,35-37H,3-4,7-8,13-17H2,1-2H3,(H4,30,31,32). The number of aromatic amines is 1. The molecular weight excluding hydrogens is 466 g/mol. The first kappa shape index (κ1) is 25.4. The van der Waals surface area contributed by atoms with Crippen LogP contribution < -0.4 is 11.5 Å². The summed E-state index contributed by atoms with van der Waals surface area (Å²) >= 11 is 0. The number of phenols is 2. The van der Waals surface area contributed by atoms with Crippen molar-refractivity contribution in [3.8, 4) is 11.5 Å². The monoisotopic (exact) mass is 505 g/mol. The van der Waals surface area contributed by atoms with Crippen LogP contribution in [0.2, 0.25) is 0 Å². The first-order valence-electron chi connectivity index (χ1n) is 13.3. The topological polar surface area (TPSA) is 144 Å². The second-order valence-electron chi connectivity index (χ2n) is 11.1. The van der Waals surface area contributed by atoms with E-state index in [-0.39, 0.29) is 23.5 Å². The zero-order chi connectivity index (χ0) is 26.4. The van der Waals surface area contributed by atoms with Gasteiger partial charge in [0.05, 0.1) is 5.60 Å². The molecule has 1 aliphatic carbocycles. The number of likely N-dealkylation sites (tertiary alicyclic amines) is 1. The van der Waals surface area contributed by atoms with Crippen LogP contribution in [-0.4, -0.2) is 62.4 Å². The number of aliphatic hydroxyl groups is 1. The highest BCUT2D eigenvalue weighted by molar-refractivity contribution is 5.84. The molecule has 0 spiro atoms. The van der Waals surface area contributed by atoms with Crippen LogP contribution in [0.25, 0.3) is 10.9 Å². The summed E-state index contributed by atoms with van der Waals surface area (Å²) in [6.07, 6.45) is 5.22. The fourth-order valence-corrected chi connectivity index (χ4v) is 6.85. The van der Waals surface area contributed by atoms with E-state index in [1.807, 2.05) is 25.1 Å². The van der Waals surface area contributed by atoms with Crippen LogP contribution >= 0.6 is 0 Å². The Balaban J connectivity index is 1.46. The van der Waals surface area contributed by atoms with Crippen molar-refractivity contribution in [2.24, 2.45) is 16.5 Å². The predicted molar refractivity (Wildman–Crippen MR) is 147 cm³/mol. The average Bonchev–Trinajstić information content (AvgIpc) is 3.19. The van der Waals surface area contributed by atoms with E-state index in [9.17, 15) is 15.3 Å². The van der Waals surface area contributed by atoms with Crippen LogP contribution in [0.3, 0.4) is 0 Å². The van der Waals surface area contributed by atoms with Gasteiger partial charge in [-0.25, -0.2) is 0 Å². The molecule has 8 N–H and O–H groups in total. The number of nitrogens with one attached hydrogen (secondary N) is 1. The number of aromatic nitrogens is 1. The number of hydrogen-bond donors (Lipinski definition) is 6. The van der Waals surface area contributed by atoms with Gasteiger partial charge in [0.2, 0.25) is 0 Å². The third kappa shape index (κ3) is 4.22. The molecule has 0 amide bonds. The number of rotatable bonds is 9. The van der Waals surface area contributed by atoms with Crippen molar-refractivity contribution in [1.29, 1.82) is 0 Å². The first-order chi connectivity index (χ1) is 17.7. The van der Waals surface area contributed by atoms with Crippen molar-refractivity contribution in [1.82, 2.24) is 9.88 Å². The number of hydrogen-bond acceptors (Lipinski definition) is 5. The van der Waals surface area contributed by atoms with Crippen LogP contribution in [-0.2, 0) is 18.3 Å². The lowest BCUT2D eigenvalue weighted by atomic mass is 9.59. The van der Waals surface area contributed by atoms with Crippen molar-refractivity contribution < 1.29 is 15.3 Å². The fourth-order valence-electron chi connectivity index (χ4n) is 6.85.